The summed E-state index contributed by atoms with van der Waals surface area (Å²) in [5.74, 6) is 1.06. The number of carbonyl (C=O) groups excluding carboxylic acids is 3. The van der Waals surface area contributed by atoms with Gasteiger partial charge < -0.3 is 20.7 Å². The molecule has 212 valence electrons. The van der Waals surface area contributed by atoms with E-state index in [0.717, 1.165) is 12.8 Å². The fraction of sp³-hybridized carbons (Fsp3) is 0.897. The Hall–Kier alpha value is -1.31. The van der Waals surface area contributed by atoms with Gasteiger partial charge in [0, 0.05) is 50.1 Å². The molecule has 0 saturated heterocycles. The molecule has 0 aromatic carbocycles. The van der Waals surface area contributed by atoms with E-state index in [1.54, 1.807) is 0 Å². The van der Waals surface area contributed by atoms with E-state index in [1.807, 2.05) is 34.6 Å². The Morgan fingerprint density at radius 1 is 0.694 bits per heavy atom. The Bertz CT molecular complexity index is 634. The molecule has 0 aromatic rings. The number of ketones is 2. The van der Waals surface area contributed by atoms with E-state index in [0.29, 0.717) is 50.9 Å². The summed E-state index contributed by atoms with van der Waals surface area (Å²) >= 11 is 0. The monoisotopic (exact) mass is 511 g/mol. The molecule has 7 nitrogen and oxygen atoms in total. The molecule has 0 radical (unpaired) electrons. The average Bonchev–Trinajstić information content (AvgIpc) is 2.79. The first-order valence-corrected chi connectivity index (χ1v) is 14.2. The molecule has 0 heterocycles. The highest BCUT2D eigenvalue weighted by atomic mass is 16.5. The molecule has 0 bridgehead atoms. The first-order chi connectivity index (χ1) is 16.7. The van der Waals surface area contributed by atoms with Crippen LogP contribution >= 0.6 is 0 Å². The molecule has 7 heteroatoms. The van der Waals surface area contributed by atoms with Crippen molar-refractivity contribution in [3.05, 3.63) is 0 Å². The van der Waals surface area contributed by atoms with Crippen LogP contribution in [0.15, 0.2) is 0 Å². The molecular formula is C29H57N3O4. The molecule has 3 N–H and O–H groups in total. The minimum Gasteiger partial charge on any atom is -0.381 e. The lowest BCUT2D eigenvalue weighted by atomic mass is 9.90. The van der Waals surface area contributed by atoms with Gasteiger partial charge in [0.1, 0.15) is 0 Å². The van der Waals surface area contributed by atoms with Crippen LogP contribution in [-0.4, -0.2) is 61.4 Å². The number of rotatable bonds is 21. The van der Waals surface area contributed by atoms with E-state index >= 15 is 0 Å². The Morgan fingerprint density at radius 3 is 1.83 bits per heavy atom. The average molecular weight is 512 g/mol. The second-order valence-electron chi connectivity index (χ2n) is 11.9. The van der Waals surface area contributed by atoms with Gasteiger partial charge >= 0.3 is 0 Å². The maximum absolute atomic E-state index is 13.2. The van der Waals surface area contributed by atoms with Gasteiger partial charge in [0.05, 0.1) is 12.1 Å². The Kier molecular flexibility index (Phi) is 18.2. The minimum absolute atomic E-state index is 0.00392. The SMILES string of the molecule is CC(C)CNC(=O)CC[C@H](NC(C)C)C(=O)[C@H](C)CC[C@H](C)N[C@@H](CCOCC(C)C)C(=O)C(C)C. The lowest BCUT2D eigenvalue weighted by Gasteiger charge is -2.26. The van der Waals surface area contributed by atoms with Gasteiger partial charge in [-0.1, -0.05) is 62.3 Å². The largest absolute Gasteiger partial charge is 0.381 e. The zero-order chi connectivity index (χ0) is 27.8. The highest BCUT2D eigenvalue weighted by molar-refractivity contribution is 5.87. The number of carbonyl (C=O) groups is 3. The number of nitrogens with one attached hydrogen (secondary N) is 3. The fourth-order valence-electron chi connectivity index (χ4n) is 4.03. The third-order valence-corrected chi connectivity index (χ3v) is 6.16. The van der Waals surface area contributed by atoms with Crippen LogP contribution in [0.2, 0.25) is 0 Å². The van der Waals surface area contributed by atoms with Gasteiger partial charge in [-0.25, -0.2) is 0 Å². The first-order valence-electron chi connectivity index (χ1n) is 14.2. The lowest BCUT2D eigenvalue weighted by molar-refractivity contribution is -0.126. The molecule has 0 aromatic heterocycles. The summed E-state index contributed by atoms with van der Waals surface area (Å²) in [6.45, 7) is 22.2. The second kappa shape index (κ2) is 18.9. The van der Waals surface area contributed by atoms with Crippen molar-refractivity contribution < 1.29 is 19.1 Å². The maximum Gasteiger partial charge on any atom is 0.220 e. The highest BCUT2D eigenvalue weighted by Gasteiger charge is 2.27. The van der Waals surface area contributed by atoms with Crippen molar-refractivity contribution in [3.8, 4) is 0 Å². The summed E-state index contributed by atoms with van der Waals surface area (Å²) in [7, 11) is 0. The van der Waals surface area contributed by atoms with E-state index in [9.17, 15) is 14.4 Å². The van der Waals surface area contributed by atoms with Crippen LogP contribution < -0.4 is 16.0 Å². The standard InChI is InChI=1S/C29H57N3O4/c1-19(2)17-30-27(33)14-13-25(31-22(7)8)29(35)23(9)11-12-24(10)32-26(28(34)21(5)6)15-16-36-18-20(3)4/h19-26,31-32H,11-18H2,1-10H3,(H,30,33)/t23-,24+,25+,26+/m1/s1. The number of hydrogen-bond acceptors (Lipinski definition) is 6. The van der Waals surface area contributed by atoms with Gasteiger partial charge in [-0.15, -0.1) is 0 Å². The molecule has 0 spiro atoms. The Balaban J connectivity index is 4.85. The van der Waals surface area contributed by atoms with Crippen molar-refractivity contribution in [2.45, 2.75) is 126 Å². The van der Waals surface area contributed by atoms with E-state index in [1.165, 1.54) is 0 Å². The second-order valence-corrected chi connectivity index (χ2v) is 11.9. The van der Waals surface area contributed by atoms with Crippen LogP contribution in [0.4, 0.5) is 0 Å². The summed E-state index contributed by atoms with van der Waals surface area (Å²) in [6, 6.07) is -0.304. The van der Waals surface area contributed by atoms with Crippen LogP contribution in [0, 0.1) is 23.7 Å². The summed E-state index contributed by atoms with van der Waals surface area (Å²) in [5, 5.41) is 9.79. The molecule has 0 fully saturated rings. The van der Waals surface area contributed by atoms with Crippen LogP contribution in [0.1, 0.15) is 101 Å². The third-order valence-electron chi connectivity index (χ3n) is 6.16. The van der Waals surface area contributed by atoms with Crippen LogP contribution in [0.5, 0.6) is 0 Å². The normalized spacial score (nSPS) is 15.4. The van der Waals surface area contributed by atoms with Gasteiger partial charge in [-0.3, -0.25) is 14.4 Å². The fourth-order valence-corrected chi connectivity index (χ4v) is 4.03. The van der Waals surface area contributed by atoms with E-state index in [-0.39, 0.29) is 53.5 Å². The summed E-state index contributed by atoms with van der Waals surface area (Å²) < 4.78 is 5.72. The van der Waals surface area contributed by atoms with E-state index in [2.05, 4.69) is 50.6 Å². The molecule has 0 rings (SSSR count). The Labute approximate surface area is 221 Å². The zero-order valence-electron chi connectivity index (χ0n) is 24.9. The van der Waals surface area contributed by atoms with Gasteiger partial charge in [-0.2, -0.15) is 0 Å². The van der Waals surface area contributed by atoms with Gasteiger partial charge in [0.25, 0.3) is 0 Å². The summed E-state index contributed by atoms with van der Waals surface area (Å²) in [4.78, 5) is 38.2. The molecule has 0 saturated carbocycles. The summed E-state index contributed by atoms with van der Waals surface area (Å²) in [6.07, 6.45) is 3.02. The van der Waals surface area contributed by atoms with Gasteiger partial charge in [-0.05, 0) is 44.4 Å². The van der Waals surface area contributed by atoms with Gasteiger partial charge in [0.15, 0.2) is 11.6 Å². The van der Waals surface area contributed by atoms with Crippen molar-refractivity contribution in [2.75, 3.05) is 19.8 Å². The van der Waals surface area contributed by atoms with E-state index < -0.39 is 0 Å². The predicted octanol–water partition coefficient (Wildman–Crippen LogP) is 4.53. The molecule has 0 aliphatic carbocycles. The number of amides is 1. The summed E-state index contributed by atoms with van der Waals surface area (Å²) in [5.41, 5.74) is 0. The molecular weight excluding hydrogens is 454 g/mol. The number of hydrogen-bond donors (Lipinski definition) is 3. The van der Waals surface area contributed by atoms with Crippen molar-refractivity contribution in [1.29, 1.82) is 0 Å². The van der Waals surface area contributed by atoms with Crippen LogP contribution in [-0.2, 0) is 19.1 Å². The number of Topliss-reactive ketones (excluding diaryl/α,β-unsaturated/α-hetero) is 2. The molecule has 0 aliphatic heterocycles. The van der Waals surface area contributed by atoms with Crippen LogP contribution in [0.25, 0.3) is 0 Å². The topological polar surface area (TPSA) is 96.5 Å². The highest BCUT2D eigenvalue weighted by Crippen LogP contribution is 2.16. The lowest BCUT2D eigenvalue weighted by Crippen LogP contribution is -2.45. The maximum atomic E-state index is 13.2. The van der Waals surface area contributed by atoms with Crippen LogP contribution in [0.3, 0.4) is 0 Å². The smallest absolute Gasteiger partial charge is 0.220 e. The zero-order valence-corrected chi connectivity index (χ0v) is 24.9. The molecule has 36 heavy (non-hydrogen) atoms. The van der Waals surface area contributed by atoms with Crippen molar-refractivity contribution in [3.63, 3.8) is 0 Å². The predicted molar refractivity (Wildman–Crippen MR) is 149 cm³/mol. The van der Waals surface area contributed by atoms with E-state index in [4.69, 9.17) is 4.74 Å². The van der Waals surface area contributed by atoms with Crippen molar-refractivity contribution in [2.24, 2.45) is 23.7 Å². The third kappa shape index (κ3) is 16.4. The Morgan fingerprint density at radius 2 is 1.31 bits per heavy atom. The minimum atomic E-state index is -0.332. The molecule has 4 atom stereocenters. The quantitative estimate of drug-likeness (QED) is 0.196. The van der Waals surface area contributed by atoms with Gasteiger partial charge in [0.2, 0.25) is 5.91 Å². The molecule has 0 aliphatic rings. The number of ether oxygens (including phenoxy) is 1. The van der Waals surface area contributed by atoms with Crippen molar-refractivity contribution in [1.82, 2.24) is 16.0 Å². The molecule has 0 unspecified atom stereocenters. The molecule has 1 amide bonds. The first kappa shape index (κ1) is 34.7. The van der Waals surface area contributed by atoms with Crippen molar-refractivity contribution >= 4 is 17.5 Å².